The van der Waals surface area contributed by atoms with Crippen LogP contribution in [0.4, 0.5) is 0 Å². The van der Waals surface area contributed by atoms with Crippen molar-refractivity contribution in [2.45, 2.75) is 12.8 Å². The van der Waals surface area contributed by atoms with Crippen LogP contribution in [0.15, 0.2) is 48.9 Å². The molecule has 1 heterocycles. The van der Waals surface area contributed by atoms with Gasteiger partial charge in [-0.1, -0.05) is 36.4 Å². The first-order valence-corrected chi connectivity index (χ1v) is 5.59. The maximum absolute atomic E-state index is 6.25. The van der Waals surface area contributed by atoms with Crippen LogP contribution in [0.2, 0.25) is 0 Å². The third kappa shape index (κ3) is 1.47. The maximum Gasteiger partial charge on any atom is 0.262 e. The molecule has 86 valence electrons. The molecule has 0 fully saturated rings. The molecule has 1 atom stereocenters. The summed E-state index contributed by atoms with van der Waals surface area (Å²) in [6.45, 7) is 2.04. The molecule has 0 bridgehead atoms. The Hall–Kier alpha value is -2.00. The van der Waals surface area contributed by atoms with Crippen LogP contribution < -0.4 is 11.1 Å². The van der Waals surface area contributed by atoms with E-state index in [1.54, 1.807) is 12.5 Å². The molecule has 0 spiro atoms. The minimum atomic E-state index is -0.953. The number of aryl methyl sites for hydroxylation is 1. The second kappa shape index (κ2) is 3.50. The van der Waals surface area contributed by atoms with E-state index in [4.69, 9.17) is 10.5 Å². The Morgan fingerprint density at radius 1 is 1.18 bits per heavy atom. The molecule has 3 nitrogen and oxygen atoms in total. The van der Waals surface area contributed by atoms with Gasteiger partial charge in [0.05, 0.1) is 0 Å². The van der Waals surface area contributed by atoms with Crippen LogP contribution >= 0.6 is 0 Å². The van der Waals surface area contributed by atoms with Crippen molar-refractivity contribution in [3.63, 3.8) is 0 Å². The van der Waals surface area contributed by atoms with Gasteiger partial charge in [-0.2, -0.15) is 0 Å². The van der Waals surface area contributed by atoms with Gasteiger partial charge in [0.25, 0.3) is 5.85 Å². The maximum atomic E-state index is 6.25. The number of benzene rings is 2. The lowest BCUT2D eigenvalue weighted by Crippen LogP contribution is -2.47. The average molecular weight is 226 g/mol. The molecule has 17 heavy (non-hydrogen) atoms. The van der Waals surface area contributed by atoms with Gasteiger partial charge in [-0.3, -0.25) is 5.73 Å². The number of hydrogen-bond donors (Lipinski definition) is 2. The fourth-order valence-corrected chi connectivity index (χ4v) is 2.34. The number of fused-ring (bicyclic) bond motifs is 1. The van der Waals surface area contributed by atoms with Crippen LogP contribution in [0.25, 0.3) is 10.8 Å². The second-order valence-electron chi connectivity index (χ2n) is 4.28. The smallest absolute Gasteiger partial charge is 0.262 e. The largest absolute Gasteiger partial charge is 0.457 e. The lowest BCUT2D eigenvalue weighted by atomic mass is 9.96. The molecule has 0 amide bonds. The van der Waals surface area contributed by atoms with Gasteiger partial charge >= 0.3 is 0 Å². The molecular formula is C14H14N2O. The fourth-order valence-electron chi connectivity index (χ4n) is 2.34. The van der Waals surface area contributed by atoms with Gasteiger partial charge in [0.1, 0.15) is 6.26 Å². The van der Waals surface area contributed by atoms with E-state index >= 15 is 0 Å². The van der Waals surface area contributed by atoms with Gasteiger partial charge < -0.3 is 10.1 Å². The number of nitrogens with two attached hydrogens (primary N) is 1. The summed E-state index contributed by atoms with van der Waals surface area (Å²) >= 11 is 0. The molecule has 2 aromatic rings. The Balaban J connectivity index is 2.30. The summed E-state index contributed by atoms with van der Waals surface area (Å²) < 4.78 is 5.50. The van der Waals surface area contributed by atoms with Crippen LogP contribution in [-0.4, -0.2) is 0 Å². The standard InChI is InChI=1S/C14H14N2O/c1-10-6-7-11-4-2-3-5-12(11)13(10)14(15)16-8-9-17-14/h2-9,16H,15H2,1H3. The Labute approximate surface area is 99.9 Å². The molecule has 1 aliphatic heterocycles. The van der Waals surface area contributed by atoms with E-state index in [2.05, 4.69) is 29.6 Å². The molecule has 1 aliphatic rings. The van der Waals surface area contributed by atoms with Crippen molar-refractivity contribution >= 4 is 10.8 Å². The number of ether oxygens (including phenoxy) is 1. The Kier molecular flexibility index (Phi) is 2.09. The Morgan fingerprint density at radius 2 is 2.00 bits per heavy atom. The molecule has 1 unspecified atom stereocenters. The molecule has 3 rings (SSSR count). The quantitative estimate of drug-likeness (QED) is 0.784. The van der Waals surface area contributed by atoms with Crippen LogP contribution in [0.1, 0.15) is 11.1 Å². The summed E-state index contributed by atoms with van der Waals surface area (Å²) in [7, 11) is 0. The number of nitrogens with one attached hydrogen (secondary N) is 1. The summed E-state index contributed by atoms with van der Waals surface area (Å²) in [4.78, 5) is 0. The summed E-state index contributed by atoms with van der Waals surface area (Å²) in [5, 5.41) is 5.34. The van der Waals surface area contributed by atoms with Gasteiger partial charge in [0.15, 0.2) is 0 Å². The minimum absolute atomic E-state index is 0.953. The highest BCUT2D eigenvalue weighted by Crippen LogP contribution is 2.31. The summed E-state index contributed by atoms with van der Waals surface area (Å²) in [6.07, 6.45) is 3.31. The molecule has 0 saturated heterocycles. The zero-order valence-corrected chi connectivity index (χ0v) is 9.60. The first-order chi connectivity index (χ1) is 8.21. The van der Waals surface area contributed by atoms with Crippen molar-refractivity contribution < 1.29 is 4.74 Å². The van der Waals surface area contributed by atoms with Gasteiger partial charge in [0.2, 0.25) is 0 Å². The fraction of sp³-hybridized carbons (Fsp3) is 0.143. The zero-order valence-electron chi connectivity index (χ0n) is 9.60. The van der Waals surface area contributed by atoms with Crippen molar-refractivity contribution in [1.29, 1.82) is 0 Å². The first-order valence-electron chi connectivity index (χ1n) is 5.59. The molecule has 0 saturated carbocycles. The Bertz CT molecular complexity index is 596. The molecule has 3 heteroatoms. The molecule has 0 radical (unpaired) electrons. The van der Waals surface area contributed by atoms with E-state index < -0.39 is 5.85 Å². The van der Waals surface area contributed by atoms with Crippen molar-refractivity contribution in [3.05, 3.63) is 60.0 Å². The SMILES string of the molecule is Cc1ccc2ccccc2c1C1(N)NC=CO1. The monoisotopic (exact) mass is 226 g/mol. The van der Waals surface area contributed by atoms with Crippen molar-refractivity contribution in [1.82, 2.24) is 5.32 Å². The van der Waals surface area contributed by atoms with Crippen molar-refractivity contribution in [2.75, 3.05) is 0 Å². The van der Waals surface area contributed by atoms with E-state index in [9.17, 15) is 0 Å². The summed E-state index contributed by atoms with van der Waals surface area (Å²) in [5.41, 5.74) is 8.35. The van der Waals surface area contributed by atoms with Crippen molar-refractivity contribution in [3.8, 4) is 0 Å². The first kappa shape index (κ1) is 10.2. The van der Waals surface area contributed by atoms with E-state index in [1.807, 2.05) is 19.1 Å². The minimum Gasteiger partial charge on any atom is -0.457 e. The van der Waals surface area contributed by atoms with Crippen LogP contribution in [0, 0.1) is 6.92 Å². The Morgan fingerprint density at radius 3 is 2.76 bits per heavy atom. The number of rotatable bonds is 1. The normalized spacial score (nSPS) is 22.5. The number of hydrogen-bond acceptors (Lipinski definition) is 3. The van der Waals surface area contributed by atoms with E-state index in [-0.39, 0.29) is 0 Å². The van der Waals surface area contributed by atoms with Crippen LogP contribution in [0.3, 0.4) is 0 Å². The van der Waals surface area contributed by atoms with E-state index in [1.165, 1.54) is 0 Å². The molecule has 0 aliphatic carbocycles. The molecule has 3 N–H and O–H groups in total. The predicted molar refractivity (Wildman–Crippen MR) is 67.9 cm³/mol. The van der Waals surface area contributed by atoms with E-state index in [0.717, 1.165) is 21.9 Å². The highest BCUT2D eigenvalue weighted by atomic mass is 16.5. The predicted octanol–water partition coefficient (Wildman–Crippen LogP) is 2.31. The van der Waals surface area contributed by atoms with Crippen LogP contribution in [-0.2, 0) is 10.6 Å². The van der Waals surface area contributed by atoms with Gasteiger partial charge in [-0.05, 0) is 23.3 Å². The summed E-state index contributed by atoms with van der Waals surface area (Å²) in [5.74, 6) is -0.953. The van der Waals surface area contributed by atoms with Gasteiger partial charge in [0, 0.05) is 11.8 Å². The van der Waals surface area contributed by atoms with Gasteiger partial charge in [-0.15, -0.1) is 0 Å². The molecule has 0 aromatic heterocycles. The average Bonchev–Trinajstić information content (AvgIpc) is 2.76. The lowest BCUT2D eigenvalue weighted by Gasteiger charge is -2.27. The second-order valence-corrected chi connectivity index (χ2v) is 4.28. The zero-order chi connectivity index (χ0) is 11.9. The molecule has 2 aromatic carbocycles. The topological polar surface area (TPSA) is 47.3 Å². The highest BCUT2D eigenvalue weighted by Gasteiger charge is 2.33. The van der Waals surface area contributed by atoms with Crippen molar-refractivity contribution in [2.24, 2.45) is 5.73 Å². The van der Waals surface area contributed by atoms with Crippen LogP contribution in [0.5, 0.6) is 0 Å². The molecular weight excluding hydrogens is 212 g/mol. The third-order valence-electron chi connectivity index (χ3n) is 3.13. The van der Waals surface area contributed by atoms with Gasteiger partial charge in [-0.25, -0.2) is 0 Å². The summed E-state index contributed by atoms with van der Waals surface area (Å²) in [6, 6.07) is 12.3. The highest BCUT2D eigenvalue weighted by molar-refractivity contribution is 5.87. The van der Waals surface area contributed by atoms with E-state index in [0.29, 0.717) is 0 Å². The lowest BCUT2D eigenvalue weighted by molar-refractivity contribution is 0.0280. The third-order valence-corrected chi connectivity index (χ3v) is 3.13.